The van der Waals surface area contributed by atoms with Gasteiger partial charge in [-0.2, -0.15) is 0 Å². The van der Waals surface area contributed by atoms with Gasteiger partial charge in [0.25, 0.3) is 11.6 Å². The lowest BCUT2D eigenvalue weighted by Gasteiger charge is -2.24. The van der Waals surface area contributed by atoms with Crippen molar-refractivity contribution >= 4 is 57.6 Å². The molecule has 244 valence electrons. The molecular weight excluding hydrogens is 615 g/mol. The highest BCUT2D eigenvalue weighted by Crippen LogP contribution is 2.22. The van der Waals surface area contributed by atoms with Gasteiger partial charge in [-0.3, -0.25) is 24.5 Å². The molecule has 0 aliphatic heterocycles. The number of rotatable bonds is 25. The second kappa shape index (κ2) is 24.4. The fraction of sp³-hybridized carbons (Fsp3) is 0.710. The number of hydrogen-bond acceptors (Lipinski definition) is 8. The smallest absolute Gasteiger partial charge is 0.316 e. The van der Waals surface area contributed by atoms with E-state index >= 15 is 0 Å². The molecule has 0 radical (unpaired) electrons. The van der Waals surface area contributed by atoms with Crippen LogP contribution in [0.5, 0.6) is 0 Å². The lowest BCUT2D eigenvalue weighted by molar-refractivity contribution is -0.384. The Kier molecular flexibility index (Phi) is 22.3. The lowest BCUT2D eigenvalue weighted by Crippen LogP contribution is -2.45. The van der Waals surface area contributed by atoms with E-state index in [1.54, 1.807) is 0 Å². The zero-order valence-electron chi connectivity index (χ0n) is 25.3. The van der Waals surface area contributed by atoms with Crippen LogP contribution < -0.4 is 5.32 Å². The first kappa shape index (κ1) is 39.1. The van der Waals surface area contributed by atoms with Crippen LogP contribution in [0.4, 0.5) is 5.69 Å². The number of carbonyl (C=O) groups excluding carboxylic acids is 3. The summed E-state index contributed by atoms with van der Waals surface area (Å²) < 4.78 is 5.19. The number of non-ortho nitro benzene ring substituents is 1. The van der Waals surface area contributed by atoms with Crippen molar-refractivity contribution in [3.05, 3.63) is 39.9 Å². The first-order valence-corrected chi connectivity index (χ1v) is 17.3. The van der Waals surface area contributed by atoms with Crippen LogP contribution in [0.3, 0.4) is 0 Å². The van der Waals surface area contributed by atoms with Gasteiger partial charge < -0.3 is 15.2 Å². The van der Waals surface area contributed by atoms with Crippen molar-refractivity contribution in [1.29, 1.82) is 0 Å². The summed E-state index contributed by atoms with van der Waals surface area (Å²) in [5, 5.41) is 23.9. The number of carbonyl (C=O) groups is 3. The van der Waals surface area contributed by atoms with E-state index in [2.05, 4.69) is 12.2 Å². The van der Waals surface area contributed by atoms with Crippen LogP contribution in [-0.4, -0.2) is 50.3 Å². The third-order valence-electron chi connectivity index (χ3n) is 7.11. The van der Waals surface area contributed by atoms with E-state index in [9.17, 15) is 29.6 Å². The second-order valence-electron chi connectivity index (χ2n) is 10.8. The molecule has 43 heavy (non-hydrogen) atoms. The average molecular weight is 664 g/mol. The number of esters is 1. The van der Waals surface area contributed by atoms with Crippen LogP contribution in [0, 0.1) is 10.1 Å². The molecule has 0 saturated carbocycles. The molecule has 12 heteroatoms. The minimum atomic E-state index is -1.42. The molecule has 1 amide bonds. The van der Waals surface area contributed by atoms with Gasteiger partial charge >= 0.3 is 5.97 Å². The number of nitrogens with zero attached hydrogens (tertiary/aromatic N) is 1. The summed E-state index contributed by atoms with van der Waals surface area (Å²) >= 11 is 12.1. The van der Waals surface area contributed by atoms with E-state index in [1.165, 1.54) is 101 Å². The largest absolute Gasteiger partial charge is 0.463 e. The monoisotopic (exact) mass is 662 g/mol. The molecule has 2 atom stereocenters. The van der Waals surface area contributed by atoms with Gasteiger partial charge in [-0.15, -0.1) is 0 Å². The summed E-state index contributed by atoms with van der Waals surface area (Å²) in [7, 11) is 0. The van der Waals surface area contributed by atoms with E-state index in [0.717, 1.165) is 31.0 Å². The van der Waals surface area contributed by atoms with Crippen molar-refractivity contribution in [2.45, 2.75) is 127 Å². The minimum absolute atomic E-state index is 0.0884. The molecule has 1 rings (SSSR count). The minimum Gasteiger partial charge on any atom is -0.463 e. The van der Waals surface area contributed by atoms with E-state index in [-0.39, 0.29) is 22.1 Å². The van der Waals surface area contributed by atoms with Crippen LogP contribution in [-0.2, 0) is 19.1 Å². The van der Waals surface area contributed by atoms with Gasteiger partial charge in [-0.05, 0) is 24.1 Å². The van der Waals surface area contributed by atoms with Gasteiger partial charge in [-0.1, -0.05) is 132 Å². The first-order chi connectivity index (χ1) is 20.6. The Labute approximate surface area is 270 Å². The highest BCUT2D eigenvalue weighted by atomic mass is 35.5. The second-order valence-corrected chi connectivity index (χ2v) is 12.9. The number of benzene rings is 1. The fourth-order valence-electron chi connectivity index (χ4n) is 4.56. The van der Waals surface area contributed by atoms with Crippen LogP contribution in [0.15, 0.2) is 24.3 Å². The van der Waals surface area contributed by atoms with Crippen molar-refractivity contribution in [2.24, 2.45) is 0 Å². The predicted molar refractivity (Wildman–Crippen MR) is 173 cm³/mol. The quantitative estimate of drug-likeness (QED) is 0.0353. The predicted octanol–water partition coefficient (Wildman–Crippen LogP) is 7.98. The number of hydrogen-bond donors (Lipinski definition) is 2. The van der Waals surface area contributed by atoms with Gasteiger partial charge in [-0.25, -0.2) is 0 Å². The maximum atomic E-state index is 12.2. The number of nitrogens with one attached hydrogen (secondary N) is 1. The highest BCUT2D eigenvalue weighted by Gasteiger charge is 2.27. The topological polar surface area (TPSA) is 136 Å². The molecule has 0 saturated heterocycles. The molecule has 0 aromatic heterocycles. The first-order valence-electron chi connectivity index (χ1n) is 15.5. The summed E-state index contributed by atoms with van der Waals surface area (Å²) in [6.07, 6.45) is 17.7. The molecule has 9 nitrogen and oxygen atoms in total. The third-order valence-corrected chi connectivity index (χ3v) is 8.41. The number of nitro benzene ring substituents is 1. The number of unbranched alkanes of at least 4 members (excludes halogenated alkanes) is 14. The number of alkyl halides is 2. The maximum Gasteiger partial charge on any atom is 0.316 e. The molecule has 0 aliphatic rings. The molecular formula is C31H48Cl2N2O7S. The molecule has 1 aromatic carbocycles. The Balaban J connectivity index is 2.23. The maximum absolute atomic E-state index is 12.2. The van der Waals surface area contributed by atoms with Crippen molar-refractivity contribution in [1.82, 2.24) is 5.32 Å². The molecule has 2 N–H and O–H groups in total. The van der Waals surface area contributed by atoms with Crippen LogP contribution >= 0.6 is 35.0 Å². The van der Waals surface area contributed by atoms with Crippen molar-refractivity contribution < 1.29 is 29.2 Å². The number of nitro groups is 1. The normalized spacial score (nSPS) is 12.6. The van der Waals surface area contributed by atoms with Crippen LogP contribution in [0.25, 0.3) is 0 Å². The highest BCUT2D eigenvalue weighted by molar-refractivity contribution is 8.14. The summed E-state index contributed by atoms with van der Waals surface area (Å²) in [6.45, 7) is 1.83. The zero-order valence-corrected chi connectivity index (χ0v) is 27.6. The van der Waals surface area contributed by atoms with E-state index in [4.69, 9.17) is 27.9 Å². The number of halogens is 2. The molecule has 1 aromatic rings. The van der Waals surface area contributed by atoms with E-state index in [1.807, 2.05) is 0 Å². The summed E-state index contributed by atoms with van der Waals surface area (Å²) in [6, 6.07) is 3.94. The number of ether oxygens (including phenoxy) is 1. The lowest BCUT2D eigenvalue weighted by atomic mass is 10.0. The van der Waals surface area contributed by atoms with E-state index < -0.39 is 40.4 Å². The molecule has 0 fully saturated rings. The summed E-state index contributed by atoms with van der Waals surface area (Å²) in [4.78, 5) is 45.3. The van der Waals surface area contributed by atoms with Gasteiger partial charge in [0.1, 0.15) is 12.7 Å². The third kappa shape index (κ3) is 19.2. The molecule has 0 spiro atoms. The summed E-state index contributed by atoms with van der Waals surface area (Å²) in [5.41, 5.74) is 0.0799. The van der Waals surface area contributed by atoms with Crippen molar-refractivity contribution in [2.75, 3.05) is 12.4 Å². The molecule has 0 bridgehead atoms. The zero-order chi connectivity index (χ0) is 31.9. The molecule has 0 heterocycles. The SMILES string of the molecule is CCCCCCCCCCCCCCCCCC(=O)SCC(=O)OC[C@@H](NC(=O)C(Cl)Cl)[C@H](O)c1ccc([N+](=O)[O-])cc1. The Hall–Kier alpha value is -1.88. The Morgan fingerprint density at radius 1 is 0.884 bits per heavy atom. The van der Waals surface area contributed by atoms with Gasteiger partial charge in [0, 0.05) is 18.6 Å². The molecule has 0 unspecified atom stereocenters. The van der Waals surface area contributed by atoms with Gasteiger partial charge in [0.15, 0.2) is 9.95 Å². The number of thioether (sulfide) groups is 1. The van der Waals surface area contributed by atoms with Gasteiger partial charge in [0.05, 0.1) is 16.7 Å². The van der Waals surface area contributed by atoms with Gasteiger partial charge in [0.2, 0.25) is 0 Å². The average Bonchev–Trinajstić information content (AvgIpc) is 2.99. The van der Waals surface area contributed by atoms with Crippen LogP contribution in [0.2, 0.25) is 0 Å². The van der Waals surface area contributed by atoms with Crippen molar-refractivity contribution in [3.63, 3.8) is 0 Å². The fourth-order valence-corrected chi connectivity index (χ4v) is 5.34. The Morgan fingerprint density at radius 2 is 1.37 bits per heavy atom. The van der Waals surface area contributed by atoms with Crippen LogP contribution in [0.1, 0.15) is 121 Å². The number of aliphatic hydroxyl groups is 1. The standard InChI is InChI=1S/C31H48Cl2N2O7S/c1-2-3-4-5-6-7-8-9-10-11-12-13-14-15-16-17-28(37)43-23-27(36)42-22-26(34-31(39)30(32)33)29(38)24-18-20-25(21-19-24)35(40)41/h18-21,26,29-30,38H,2-17,22-23H2,1H3,(H,34,39)/t26-,29-/m1/s1. The Bertz CT molecular complexity index is 951. The van der Waals surface area contributed by atoms with E-state index in [0.29, 0.717) is 6.42 Å². The summed E-state index contributed by atoms with van der Waals surface area (Å²) in [5.74, 6) is -1.68. The number of amides is 1. The molecule has 0 aliphatic carbocycles. The van der Waals surface area contributed by atoms with Crippen molar-refractivity contribution in [3.8, 4) is 0 Å². The Morgan fingerprint density at radius 3 is 1.84 bits per heavy atom. The number of aliphatic hydroxyl groups excluding tert-OH is 1.